The summed E-state index contributed by atoms with van der Waals surface area (Å²) >= 11 is 0. The molecule has 3 N–H and O–H groups in total. The van der Waals surface area contributed by atoms with Crippen molar-refractivity contribution in [2.75, 3.05) is 6.54 Å². The van der Waals surface area contributed by atoms with Crippen molar-refractivity contribution in [3.63, 3.8) is 0 Å². The van der Waals surface area contributed by atoms with Gasteiger partial charge in [-0.15, -0.1) is 0 Å². The van der Waals surface area contributed by atoms with Crippen LogP contribution < -0.4 is 11.1 Å². The van der Waals surface area contributed by atoms with E-state index in [4.69, 9.17) is 10.5 Å². The van der Waals surface area contributed by atoms with Gasteiger partial charge in [0.1, 0.15) is 0 Å². The van der Waals surface area contributed by atoms with Crippen LogP contribution >= 0.6 is 0 Å². The molecule has 1 atom stereocenters. The third-order valence-corrected chi connectivity index (χ3v) is 6.06. The molecule has 0 spiro atoms. The maximum absolute atomic E-state index is 11.8. The number of nitrogens with one attached hydrogen (secondary N) is 1. The molecule has 0 rings (SSSR count). The van der Waals surface area contributed by atoms with E-state index in [9.17, 15) is 9.59 Å². The molecule has 0 aliphatic heterocycles. The Labute approximate surface area is 204 Å². The molecule has 0 heterocycles. The Bertz CT molecular complexity index is 480. The first kappa shape index (κ1) is 31.6. The molecule has 5 heteroatoms. The molecule has 0 fully saturated rings. The smallest absolute Gasteiger partial charge is 0.332 e. The number of nitrogens with two attached hydrogens (primary N) is 1. The molecule has 0 aromatic carbocycles. The molecular formula is C28H54N2O3. The fourth-order valence-corrected chi connectivity index (χ4v) is 3.93. The molecule has 0 aromatic rings. The first-order chi connectivity index (χ1) is 16.1. The van der Waals surface area contributed by atoms with Gasteiger partial charge < -0.3 is 10.1 Å². The van der Waals surface area contributed by atoms with Gasteiger partial charge in [-0.2, -0.15) is 0 Å². The third-order valence-electron chi connectivity index (χ3n) is 6.06. The summed E-state index contributed by atoms with van der Waals surface area (Å²) in [5, 5.41) is 2.82. The lowest BCUT2D eigenvalue weighted by Gasteiger charge is -2.11. The summed E-state index contributed by atoms with van der Waals surface area (Å²) in [4.78, 5) is 23.6. The molecule has 0 aliphatic rings. The van der Waals surface area contributed by atoms with E-state index in [1.165, 1.54) is 108 Å². The molecule has 0 saturated heterocycles. The van der Waals surface area contributed by atoms with Gasteiger partial charge in [0.05, 0.1) is 0 Å². The first-order valence-electron chi connectivity index (χ1n) is 14.0. The van der Waals surface area contributed by atoms with E-state index in [1.807, 2.05) is 0 Å². The van der Waals surface area contributed by atoms with Gasteiger partial charge in [0.2, 0.25) is 5.91 Å². The lowest BCUT2D eigenvalue weighted by Crippen LogP contribution is -2.27. The highest BCUT2D eigenvalue weighted by Gasteiger charge is 2.07. The van der Waals surface area contributed by atoms with Crippen molar-refractivity contribution in [1.82, 2.24) is 5.32 Å². The average Bonchev–Trinajstić information content (AvgIpc) is 2.80. The fourth-order valence-electron chi connectivity index (χ4n) is 3.93. The van der Waals surface area contributed by atoms with Gasteiger partial charge in [-0.1, -0.05) is 123 Å². The van der Waals surface area contributed by atoms with Crippen molar-refractivity contribution >= 4 is 11.9 Å². The number of carbonyl (C=O) groups is 2. The Morgan fingerprint density at radius 1 is 0.667 bits per heavy atom. The average molecular weight is 467 g/mol. The second-order valence-electron chi connectivity index (χ2n) is 9.40. The number of hydrogen-bond acceptors (Lipinski definition) is 4. The zero-order valence-corrected chi connectivity index (χ0v) is 21.9. The van der Waals surface area contributed by atoms with E-state index >= 15 is 0 Å². The lowest BCUT2D eigenvalue weighted by atomic mass is 10.1. The monoisotopic (exact) mass is 466 g/mol. The van der Waals surface area contributed by atoms with Crippen molar-refractivity contribution in [2.24, 2.45) is 5.73 Å². The number of amides is 1. The molecule has 1 unspecified atom stereocenters. The van der Waals surface area contributed by atoms with Crippen molar-refractivity contribution in [1.29, 1.82) is 0 Å². The molecule has 0 saturated carbocycles. The second kappa shape index (κ2) is 25.3. The van der Waals surface area contributed by atoms with Crippen LogP contribution in [0.2, 0.25) is 0 Å². The molecule has 0 aliphatic carbocycles. The second-order valence-corrected chi connectivity index (χ2v) is 9.40. The Morgan fingerprint density at radius 2 is 1.09 bits per heavy atom. The highest BCUT2D eigenvalue weighted by atomic mass is 16.6. The molecule has 33 heavy (non-hydrogen) atoms. The van der Waals surface area contributed by atoms with Gasteiger partial charge in [-0.3, -0.25) is 10.5 Å². The topological polar surface area (TPSA) is 81.4 Å². The van der Waals surface area contributed by atoms with E-state index in [-0.39, 0.29) is 5.91 Å². The SMILES string of the molecule is CCCCCCCCCCCCNC(=O)/C=C\C(=O)OC(N)CCCCCCCCCCC. The molecule has 1 amide bonds. The van der Waals surface area contributed by atoms with Crippen LogP contribution in [0.1, 0.15) is 142 Å². The Kier molecular flexibility index (Phi) is 24.2. The number of carbonyl (C=O) groups excluding carboxylic acids is 2. The minimum absolute atomic E-state index is 0.254. The summed E-state index contributed by atoms with van der Waals surface area (Å²) in [5.41, 5.74) is 5.88. The largest absolute Gasteiger partial charge is 0.444 e. The summed E-state index contributed by atoms with van der Waals surface area (Å²) in [6.45, 7) is 5.13. The standard InChI is InChI=1S/C28H54N2O3/c1-3-5-7-9-11-13-15-17-19-21-25-30-27(31)23-24-28(32)33-26(29)22-20-18-16-14-12-10-8-6-4-2/h23-24,26H,3-22,25,29H2,1-2H3,(H,30,31)/b24-23-. The third kappa shape index (κ3) is 25.1. The number of ether oxygens (including phenoxy) is 1. The van der Waals surface area contributed by atoms with E-state index in [0.29, 0.717) is 13.0 Å². The first-order valence-corrected chi connectivity index (χ1v) is 14.0. The number of rotatable bonds is 24. The van der Waals surface area contributed by atoms with Gasteiger partial charge in [0.25, 0.3) is 0 Å². The van der Waals surface area contributed by atoms with E-state index in [0.717, 1.165) is 25.7 Å². The van der Waals surface area contributed by atoms with E-state index in [2.05, 4.69) is 19.2 Å². The molecule has 0 bridgehead atoms. The summed E-state index contributed by atoms with van der Waals surface area (Å²) < 4.78 is 5.16. The normalized spacial score (nSPS) is 12.2. The molecular weight excluding hydrogens is 412 g/mol. The van der Waals surface area contributed by atoms with E-state index in [1.54, 1.807) is 0 Å². The summed E-state index contributed by atoms with van der Waals surface area (Å²) in [6, 6.07) is 0. The van der Waals surface area contributed by atoms with Crippen LogP contribution in [-0.4, -0.2) is 24.6 Å². The zero-order valence-electron chi connectivity index (χ0n) is 21.9. The molecule has 194 valence electrons. The fraction of sp³-hybridized carbons (Fsp3) is 0.857. The number of hydrogen-bond donors (Lipinski definition) is 2. The van der Waals surface area contributed by atoms with Gasteiger partial charge in [0, 0.05) is 18.7 Å². The van der Waals surface area contributed by atoms with Gasteiger partial charge in [0.15, 0.2) is 6.23 Å². The van der Waals surface area contributed by atoms with Crippen molar-refractivity contribution < 1.29 is 14.3 Å². The van der Waals surface area contributed by atoms with E-state index < -0.39 is 12.2 Å². The molecule has 5 nitrogen and oxygen atoms in total. The quantitative estimate of drug-likeness (QED) is 0.0675. The summed E-state index contributed by atoms with van der Waals surface area (Å²) in [6.07, 6.45) is 26.4. The van der Waals surface area contributed by atoms with Crippen LogP contribution in [0.5, 0.6) is 0 Å². The molecule has 0 aromatic heterocycles. The van der Waals surface area contributed by atoms with Crippen molar-refractivity contribution in [2.45, 2.75) is 148 Å². The number of esters is 1. The van der Waals surface area contributed by atoms with Gasteiger partial charge in [-0.05, 0) is 19.3 Å². The molecule has 0 radical (unpaired) electrons. The maximum atomic E-state index is 11.8. The van der Waals surface area contributed by atoms with Crippen LogP contribution in [-0.2, 0) is 14.3 Å². The summed E-state index contributed by atoms with van der Waals surface area (Å²) in [7, 11) is 0. The van der Waals surface area contributed by atoms with Crippen LogP contribution in [0, 0.1) is 0 Å². The lowest BCUT2D eigenvalue weighted by molar-refractivity contribution is -0.143. The van der Waals surface area contributed by atoms with Crippen LogP contribution in [0.4, 0.5) is 0 Å². The minimum Gasteiger partial charge on any atom is -0.444 e. The van der Waals surface area contributed by atoms with Gasteiger partial charge >= 0.3 is 5.97 Å². The predicted octanol–water partition coefficient (Wildman–Crippen LogP) is 7.33. The van der Waals surface area contributed by atoms with Crippen molar-refractivity contribution in [3.8, 4) is 0 Å². The Morgan fingerprint density at radius 3 is 1.58 bits per heavy atom. The minimum atomic E-state index is -0.596. The van der Waals surface area contributed by atoms with Crippen LogP contribution in [0.3, 0.4) is 0 Å². The van der Waals surface area contributed by atoms with Crippen LogP contribution in [0.25, 0.3) is 0 Å². The highest BCUT2D eigenvalue weighted by molar-refractivity contribution is 5.94. The van der Waals surface area contributed by atoms with Crippen LogP contribution in [0.15, 0.2) is 12.2 Å². The predicted molar refractivity (Wildman–Crippen MR) is 140 cm³/mol. The summed E-state index contributed by atoms with van der Waals surface area (Å²) in [5.74, 6) is -0.803. The zero-order chi connectivity index (χ0) is 24.4. The highest BCUT2D eigenvalue weighted by Crippen LogP contribution is 2.12. The maximum Gasteiger partial charge on any atom is 0.332 e. The Balaban J connectivity index is 3.55. The van der Waals surface area contributed by atoms with Gasteiger partial charge in [-0.25, -0.2) is 4.79 Å². The Hall–Kier alpha value is -1.36. The van der Waals surface area contributed by atoms with Crippen molar-refractivity contribution in [3.05, 3.63) is 12.2 Å². The number of unbranched alkanes of at least 4 members (excludes halogenated alkanes) is 17.